The van der Waals surface area contributed by atoms with Gasteiger partial charge in [-0.15, -0.1) is 11.3 Å². The van der Waals surface area contributed by atoms with Crippen LogP contribution in [0.2, 0.25) is 0 Å². The fraction of sp³-hybridized carbons (Fsp3) is 0.231. The Hall–Kier alpha value is -3.18. The van der Waals surface area contributed by atoms with E-state index in [1.54, 1.807) is 11.3 Å². The molecule has 1 atom stereocenters. The quantitative estimate of drug-likeness (QED) is 0.351. The Morgan fingerprint density at radius 3 is 2.52 bits per heavy atom. The molecule has 0 saturated heterocycles. The van der Waals surface area contributed by atoms with Crippen molar-refractivity contribution in [2.45, 2.75) is 33.1 Å². The van der Waals surface area contributed by atoms with Crippen LogP contribution in [0, 0.1) is 6.92 Å². The average molecular weight is 431 g/mol. The lowest BCUT2D eigenvalue weighted by molar-refractivity contribution is -0.118. The van der Waals surface area contributed by atoms with Gasteiger partial charge in [0.05, 0.1) is 10.2 Å². The average Bonchev–Trinajstić information content (AvgIpc) is 3.21. The lowest BCUT2D eigenvalue weighted by Crippen LogP contribution is -2.20. The minimum atomic E-state index is -0.186. The largest absolute Gasteiger partial charge is 0.484 e. The molecule has 0 aliphatic rings. The van der Waals surface area contributed by atoms with Gasteiger partial charge in [-0.2, -0.15) is 0 Å². The van der Waals surface area contributed by atoms with Crippen LogP contribution >= 0.6 is 11.3 Å². The molecule has 0 radical (unpaired) electrons. The summed E-state index contributed by atoms with van der Waals surface area (Å²) in [5.41, 5.74) is 5.30. The summed E-state index contributed by atoms with van der Waals surface area (Å²) in [6, 6.07) is 22.0. The molecular weight excluding hydrogens is 404 g/mol. The molecule has 0 fully saturated rings. The first-order valence-corrected chi connectivity index (χ1v) is 11.3. The Labute approximate surface area is 186 Å². The number of rotatable bonds is 7. The molecule has 0 aliphatic heterocycles. The lowest BCUT2D eigenvalue weighted by atomic mass is 9.99. The van der Waals surface area contributed by atoms with Crippen molar-refractivity contribution >= 4 is 33.1 Å². The van der Waals surface area contributed by atoms with Gasteiger partial charge in [-0.05, 0) is 78.9 Å². The number of hydrogen-bond acceptors (Lipinski definition) is 4. The number of anilines is 1. The number of nitrogens with one attached hydrogen (secondary N) is 1. The monoisotopic (exact) mass is 430 g/mol. The van der Waals surface area contributed by atoms with Gasteiger partial charge in [0.25, 0.3) is 5.91 Å². The van der Waals surface area contributed by atoms with Crippen LogP contribution in [0.3, 0.4) is 0 Å². The summed E-state index contributed by atoms with van der Waals surface area (Å²) in [7, 11) is 0. The summed E-state index contributed by atoms with van der Waals surface area (Å²) in [4.78, 5) is 17.0. The zero-order chi connectivity index (χ0) is 21.8. The van der Waals surface area contributed by atoms with Gasteiger partial charge < -0.3 is 10.1 Å². The number of ether oxygens (including phenoxy) is 1. The molecule has 4 aromatic rings. The summed E-state index contributed by atoms with van der Waals surface area (Å²) in [6.45, 7) is 6.43. The van der Waals surface area contributed by atoms with Crippen molar-refractivity contribution in [3.8, 4) is 16.3 Å². The number of amides is 1. The first-order valence-electron chi connectivity index (χ1n) is 10.5. The van der Waals surface area contributed by atoms with Crippen molar-refractivity contribution in [1.82, 2.24) is 4.98 Å². The standard InChI is InChI=1S/C26H26N2O2S/c1-4-18(3)19-8-12-22(13-9-19)30-16-25(29)27-21-10-6-20(7-11-21)26-28-23-14-5-17(2)15-24(23)31-26/h5-15,18H,4,16H2,1-3H3,(H,27,29). The molecule has 158 valence electrons. The van der Waals surface area contributed by atoms with Crippen LogP contribution in [0.1, 0.15) is 37.3 Å². The van der Waals surface area contributed by atoms with Gasteiger partial charge in [-0.3, -0.25) is 4.79 Å². The number of aromatic nitrogens is 1. The Kier molecular flexibility index (Phi) is 6.33. The minimum absolute atomic E-state index is 0.0261. The van der Waals surface area contributed by atoms with Gasteiger partial charge in [0.2, 0.25) is 0 Å². The first-order chi connectivity index (χ1) is 15.0. The van der Waals surface area contributed by atoms with Gasteiger partial charge in [-0.1, -0.05) is 32.0 Å². The molecule has 1 heterocycles. The molecule has 5 heteroatoms. The van der Waals surface area contributed by atoms with E-state index in [2.05, 4.69) is 56.4 Å². The molecule has 1 unspecified atom stereocenters. The third-order valence-electron chi connectivity index (χ3n) is 5.39. The van der Waals surface area contributed by atoms with Crippen LogP contribution in [0.5, 0.6) is 5.75 Å². The number of nitrogens with zero attached hydrogens (tertiary/aromatic N) is 1. The molecule has 31 heavy (non-hydrogen) atoms. The molecule has 4 nitrogen and oxygen atoms in total. The maximum absolute atomic E-state index is 12.3. The maximum Gasteiger partial charge on any atom is 0.262 e. The third-order valence-corrected chi connectivity index (χ3v) is 6.46. The Morgan fingerprint density at radius 2 is 1.81 bits per heavy atom. The van der Waals surface area contributed by atoms with Gasteiger partial charge in [-0.25, -0.2) is 4.98 Å². The normalized spacial score (nSPS) is 12.0. The molecular formula is C26H26N2O2S. The van der Waals surface area contributed by atoms with E-state index in [0.717, 1.165) is 28.2 Å². The fourth-order valence-corrected chi connectivity index (χ4v) is 4.39. The van der Waals surface area contributed by atoms with E-state index < -0.39 is 0 Å². The molecule has 3 aromatic carbocycles. The first kappa shape index (κ1) is 21.1. The Bertz CT molecular complexity index is 1180. The number of hydrogen-bond donors (Lipinski definition) is 1. The molecule has 1 amide bonds. The van der Waals surface area contributed by atoms with E-state index in [0.29, 0.717) is 11.7 Å². The second-order valence-electron chi connectivity index (χ2n) is 7.78. The number of carbonyl (C=O) groups is 1. The van der Waals surface area contributed by atoms with E-state index in [-0.39, 0.29) is 12.5 Å². The van der Waals surface area contributed by atoms with Crippen LogP contribution in [0.15, 0.2) is 66.7 Å². The summed E-state index contributed by atoms with van der Waals surface area (Å²) < 4.78 is 6.81. The van der Waals surface area contributed by atoms with E-state index in [4.69, 9.17) is 9.72 Å². The number of fused-ring (bicyclic) bond motifs is 1. The van der Waals surface area contributed by atoms with Gasteiger partial charge >= 0.3 is 0 Å². The zero-order valence-electron chi connectivity index (χ0n) is 18.0. The van der Waals surface area contributed by atoms with Gasteiger partial charge in [0.1, 0.15) is 10.8 Å². The third kappa shape index (κ3) is 5.12. The van der Waals surface area contributed by atoms with Crippen LogP contribution in [0.4, 0.5) is 5.69 Å². The molecule has 4 rings (SSSR count). The van der Waals surface area contributed by atoms with Crippen LogP contribution < -0.4 is 10.1 Å². The number of aryl methyl sites for hydroxylation is 1. The lowest BCUT2D eigenvalue weighted by Gasteiger charge is -2.11. The van der Waals surface area contributed by atoms with E-state index in [1.165, 1.54) is 15.8 Å². The molecule has 0 aliphatic carbocycles. The molecule has 0 spiro atoms. The van der Waals surface area contributed by atoms with Crippen molar-refractivity contribution in [1.29, 1.82) is 0 Å². The highest BCUT2D eigenvalue weighted by atomic mass is 32.1. The predicted octanol–water partition coefficient (Wildman–Crippen LogP) is 6.80. The summed E-state index contributed by atoms with van der Waals surface area (Å²) in [5.74, 6) is 1.03. The van der Waals surface area contributed by atoms with Crippen molar-refractivity contribution in [3.63, 3.8) is 0 Å². The number of carbonyl (C=O) groups excluding carboxylic acids is 1. The summed E-state index contributed by atoms with van der Waals surface area (Å²) in [5, 5.41) is 3.86. The molecule has 0 saturated carbocycles. The van der Waals surface area contributed by atoms with E-state index in [1.807, 2.05) is 36.4 Å². The molecule has 0 bridgehead atoms. The molecule has 1 aromatic heterocycles. The topological polar surface area (TPSA) is 51.2 Å². The van der Waals surface area contributed by atoms with Crippen molar-refractivity contribution in [2.24, 2.45) is 0 Å². The van der Waals surface area contributed by atoms with Crippen molar-refractivity contribution in [2.75, 3.05) is 11.9 Å². The highest BCUT2D eigenvalue weighted by molar-refractivity contribution is 7.21. The van der Waals surface area contributed by atoms with Gasteiger partial charge in [0.15, 0.2) is 6.61 Å². The second kappa shape index (κ2) is 9.31. The number of thiazole rings is 1. The molecule has 1 N–H and O–H groups in total. The van der Waals surface area contributed by atoms with Crippen LogP contribution in [-0.4, -0.2) is 17.5 Å². The van der Waals surface area contributed by atoms with Crippen LogP contribution in [0.25, 0.3) is 20.8 Å². The summed E-state index contributed by atoms with van der Waals surface area (Å²) in [6.07, 6.45) is 1.10. The fourth-order valence-electron chi connectivity index (χ4n) is 3.33. The minimum Gasteiger partial charge on any atom is -0.484 e. The summed E-state index contributed by atoms with van der Waals surface area (Å²) >= 11 is 1.68. The zero-order valence-corrected chi connectivity index (χ0v) is 18.8. The Balaban J connectivity index is 1.34. The van der Waals surface area contributed by atoms with Gasteiger partial charge in [0, 0.05) is 11.3 Å². The SMILES string of the molecule is CCC(C)c1ccc(OCC(=O)Nc2ccc(-c3nc4ccc(C)cc4s3)cc2)cc1. The van der Waals surface area contributed by atoms with Crippen molar-refractivity contribution in [3.05, 3.63) is 77.9 Å². The van der Waals surface area contributed by atoms with E-state index in [9.17, 15) is 4.79 Å². The number of benzene rings is 3. The second-order valence-corrected chi connectivity index (χ2v) is 8.81. The Morgan fingerprint density at radius 1 is 1.06 bits per heavy atom. The smallest absolute Gasteiger partial charge is 0.262 e. The van der Waals surface area contributed by atoms with E-state index >= 15 is 0 Å². The predicted molar refractivity (Wildman–Crippen MR) is 129 cm³/mol. The maximum atomic E-state index is 12.3. The van der Waals surface area contributed by atoms with Crippen LogP contribution in [-0.2, 0) is 4.79 Å². The highest BCUT2D eigenvalue weighted by Crippen LogP contribution is 2.31. The highest BCUT2D eigenvalue weighted by Gasteiger charge is 2.09. The van der Waals surface area contributed by atoms with Crippen molar-refractivity contribution < 1.29 is 9.53 Å².